The van der Waals surface area contributed by atoms with Gasteiger partial charge in [-0.2, -0.15) is 0 Å². The van der Waals surface area contributed by atoms with E-state index in [4.69, 9.17) is 13.8 Å². The van der Waals surface area contributed by atoms with Crippen molar-refractivity contribution in [2.24, 2.45) is 0 Å². The minimum Gasteiger partial charge on any atom is -0.557 e. The first-order chi connectivity index (χ1) is 23.0. The number of imidazole rings is 1. The maximum Gasteiger partial charge on any atom is 0.0980 e. The summed E-state index contributed by atoms with van der Waals surface area (Å²) in [6.07, 6.45) is 8.43. The van der Waals surface area contributed by atoms with E-state index in [1.165, 1.54) is 16.8 Å². The van der Waals surface area contributed by atoms with Crippen LogP contribution in [0.5, 0.6) is 0 Å². The standard InChI is InChI=1S/C31H27N2O2.C11H8N.Ir/c1-19(2)23-8-7-9-24(20(3)4)30(23)33-28-11-6-5-10-27(28)32-31(33)26-18-35-29-13-12-21(16-25(26)29)22-14-15-34-17-22;1-2-6-10(7-3-1)11-8-4-5-9-12-11;/h5-17,19-20H,1-4H3;1-6,8-9H;/q2*-1;. The number of pyridine rings is 1. The van der Waals surface area contributed by atoms with Crippen molar-refractivity contribution in [2.45, 2.75) is 39.5 Å². The van der Waals surface area contributed by atoms with Crippen molar-refractivity contribution in [2.75, 3.05) is 0 Å². The predicted octanol–water partition coefficient (Wildman–Crippen LogP) is 11.3. The number of hydrogen-bond acceptors (Lipinski definition) is 4. The molecule has 4 aromatic carbocycles. The van der Waals surface area contributed by atoms with Crippen LogP contribution in [0.1, 0.15) is 50.7 Å². The van der Waals surface area contributed by atoms with Gasteiger partial charge in [-0.15, -0.1) is 35.9 Å². The molecule has 0 bridgehead atoms. The van der Waals surface area contributed by atoms with Gasteiger partial charge in [0.15, 0.2) is 0 Å². The molecule has 0 amide bonds. The van der Waals surface area contributed by atoms with E-state index in [0.29, 0.717) is 11.8 Å². The van der Waals surface area contributed by atoms with E-state index in [1.54, 1.807) is 18.7 Å². The normalized spacial score (nSPS) is 11.1. The van der Waals surface area contributed by atoms with Crippen molar-refractivity contribution >= 4 is 22.0 Å². The minimum absolute atomic E-state index is 0. The number of rotatable bonds is 6. The molecule has 1 radical (unpaired) electrons. The molecule has 4 heterocycles. The fraction of sp³-hybridized carbons (Fsp3) is 0.143. The van der Waals surface area contributed by atoms with Crippen LogP contribution in [0.4, 0.5) is 0 Å². The van der Waals surface area contributed by atoms with Crippen molar-refractivity contribution in [1.82, 2.24) is 14.5 Å². The first-order valence-electron chi connectivity index (χ1n) is 16.0. The van der Waals surface area contributed by atoms with E-state index < -0.39 is 0 Å². The van der Waals surface area contributed by atoms with Crippen LogP contribution in [0.3, 0.4) is 0 Å². The molecule has 0 aliphatic carbocycles. The van der Waals surface area contributed by atoms with E-state index >= 15 is 0 Å². The summed E-state index contributed by atoms with van der Waals surface area (Å²) in [5.41, 5.74) is 11.6. The molecular formula is C42H35IrN3O2-2. The maximum atomic E-state index is 5.92. The van der Waals surface area contributed by atoms with Gasteiger partial charge in [-0.05, 0) is 58.5 Å². The van der Waals surface area contributed by atoms with Gasteiger partial charge >= 0.3 is 0 Å². The summed E-state index contributed by atoms with van der Waals surface area (Å²) < 4.78 is 13.5. The Bertz CT molecular complexity index is 2190. The van der Waals surface area contributed by atoms with Crippen LogP contribution in [-0.2, 0) is 20.1 Å². The zero-order valence-electron chi connectivity index (χ0n) is 27.3. The van der Waals surface area contributed by atoms with Crippen LogP contribution in [0.2, 0.25) is 0 Å². The number of hydrogen-bond donors (Lipinski definition) is 0. The Morgan fingerprint density at radius 3 is 2.21 bits per heavy atom. The van der Waals surface area contributed by atoms with Crippen LogP contribution < -0.4 is 0 Å². The van der Waals surface area contributed by atoms with E-state index in [9.17, 15) is 0 Å². The third kappa shape index (κ3) is 6.42. The van der Waals surface area contributed by atoms with Crippen LogP contribution in [0.15, 0.2) is 137 Å². The molecule has 8 aromatic rings. The van der Waals surface area contributed by atoms with E-state index in [1.807, 2.05) is 66.7 Å². The van der Waals surface area contributed by atoms with Crippen molar-refractivity contribution in [3.8, 4) is 39.5 Å². The first kappa shape index (κ1) is 32.9. The fourth-order valence-electron chi connectivity index (χ4n) is 6.01. The average molecular weight is 806 g/mol. The second-order valence-corrected chi connectivity index (χ2v) is 12.1. The molecule has 4 aromatic heterocycles. The third-order valence-corrected chi connectivity index (χ3v) is 8.37. The van der Waals surface area contributed by atoms with E-state index in [0.717, 1.165) is 55.8 Å². The van der Waals surface area contributed by atoms with Gasteiger partial charge in [0.1, 0.15) is 0 Å². The van der Waals surface area contributed by atoms with E-state index in [2.05, 4.69) is 92.0 Å². The van der Waals surface area contributed by atoms with Crippen LogP contribution >= 0.6 is 0 Å². The SMILES string of the molecule is CC(C)c1cccc(C(C)C)c1-n1c(-c2[c-]oc3ccc(-c4ccoc4)cc23)nc2ccccc21.[Ir].[c-]1ccccc1-c1ccccn1. The molecule has 0 aliphatic rings. The van der Waals surface area contributed by atoms with Crippen molar-refractivity contribution in [3.05, 3.63) is 151 Å². The molecule has 0 unspecified atom stereocenters. The summed E-state index contributed by atoms with van der Waals surface area (Å²) in [5.74, 6) is 1.55. The van der Waals surface area contributed by atoms with Crippen molar-refractivity contribution < 1.29 is 28.9 Å². The third-order valence-electron chi connectivity index (χ3n) is 8.37. The topological polar surface area (TPSA) is 57.0 Å². The Balaban J connectivity index is 0.000000260. The molecule has 0 spiro atoms. The summed E-state index contributed by atoms with van der Waals surface area (Å²) in [4.78, 5) is 9.35. The zero-order chi connectivity index (χ0) is 32.3. The number of para-hydroxylation sites is 3. The smallest absolute Gasteiger partial charge is 0.0980 e. The average Bonchev–Trinajstić information content (AvgIpc) is 3.88. The van der Waals surface area contributed by atoms with E-state index in [-0.39, 0.29) is 20.1 Å². The number of furan rings is 2. The van der Waals surface area contributed by atoms with Crippen LogP contribution in [0.25, 0.3) is 61.5 Å². The first-order valence-corrected chi connectivity index (χ1v) is 16.0. The molecule has 6 heteroatoms. The molecule has 0 aliphatic heterocycles. The second-order valence-electron chi connectivity index (χ2n) is 12.1. The zero-order valence-corrected chi connectivity index (χ0v) is 29.7. The van der Waals surface area contributed by atoms with Gasteiger partial charge < -0.3 is 18.4 Å². The Morgan fingerprint density at radius 2 is 1.52 bits per heavy atom. The van der Waals surface area contributed by atoms with Gasteiger partial charge in [-0.25, -0.2) is 0 Å². The van der Waals surface area contributed by atoms with Crippen LogP contribution in [-0.4, -0.2) is 14.5 Å². The summed E-state index contributed by atoms with van der Waals surface area (Å²) in [7, 11) is 0. The fourth-order valence-corrected chi connectivity index (χ4v) is 6.01. The Morgan fingerprint density at radius 1 is 0.750 bits per heavy atom. The summed E-state index contributed by atoms with van der Waals surface area (Å²) in [6, 6.07) is 39.9. The maximum absolute atomic E-state index is 5.92. The van der Waals surface area contributed by atoms with Crippen molar-refractivity contribution in [1.29, 1.82) is 0 Å². The van der Waals surface area contributed by atoms with Gasteiger partial charge in [-0.3, -0.25) is 4.98 Å². The molecule has 48 heavy (non-hydrogen) atoms. The van der Waals surface area contributed by atoms with Gasteiger partial charge in [0, 0.05) is 49.4 Å². The molecule has 5 nitrogen and oxygen atoms in total. The van der Waals surface area contributed by atoms with Crippen LogP contribution in [0, 0.1) is 12.3 Å². The molecule has 241 valence electrons. The molecular weight excluding hydrogens is 771 g/mol. The van der Waals surface area contributed by atoms with Gasteiger partial charge in [0.25, 0.3) is 0 Å². The van der Waals surface area contributed by atoms with Crippen molar-refractivity contribution in [3.63, 3.8) is 0 Å². The number of nitrogens with zero attached hydrogens (tertiary/aromatic N) is 3. The Hall–Kier alpha value is -5.03. The Labute approximate surface area is 294 Å². The quantitative estimate of drug-likeness (QED) is 0.157. The molecule has 0 saturated carbocycles. The summed E-state index contributed by atoms with van der Waals surface area (Å²) >= 11 is 0. The van der Waals surface area contributed by atoms with Gasteiger partial charge in [0.2, 0.25) is 0 Å². The van der Waals surface area contributed by atoms with Gasteiger partial charge in [0.05, 0.1) is 29.4 Å². The monoisotopic (exact) mass is 806 g/mol. The minimum atomic E-state index is 0. The molecule has 0 N–H and O–H groups in total. The molecule has 0 saturated heterocycles. The molecule has 8 rings (SSSR count). The molecule has 0 atom stereocenters. The summed E-state index contributed by atoms with van der Waals surface area (Å²) in [6.45, 7) is 8.99. The Kier molecular flexibility index (Phi) is 9.86. The number of benzene rings is 4. The molecule has 0 fully saturated rings. The van der Waals surface area contributed by atoms with Gasteiger partial charge in [-0.1, -0.05) is 99.3 Å². The summed E-state index contributed by atoms with van der Waals surface area (Å²) in [5, 5.41) is 0.980. The predicted molar refractivity (Wildman–Crippen MR) is 190 cm³/mol. The largest absolute Gasteiger partial charge is 0.557 e. The number of fused-ring (bicyclic) bond motifs is 2. The number of aromatic nitrogens is 3. The second kappa shape index (κ2) is 14.4.